The Morgan fingerprint density at radius 3 is 2.50 bits per heavy atom. The summed E-state index contributed by atoms with van der Waals surface area (Å²) in [4.78, 5) is 10.6. The summed E-state index contributed by atoms with van der Waals surface area (Å²) >= 11 is 0. The zero-order valence-electron chi connectivity index (χ0n) is 11.3. The lowest BCUT2D eigenvalue weighted by Gasteiger charge is -2.31. The van der Waals surface area contributed by atoms with E-state index in [0.29, 0.717) is 17.8 Å². The van der Waals surface area contributed by atoms with Gasteiger partial charge in [-0.05, 0) is 18.8 Å². The second-order valence-corrected chi connectivity index (χ2v) is 5.49. The summed E-state index contributed by atoms with van der Waals surface area (Å²) in [6, 6.07) is 2.40. The highest BCUT2D eigenvalue weighted by Gasteiger charge is 2.24. The van der Waals surface area contributed by atoms with E-state index < -0.39 is 0 Å². The third-order valence-corrected chi connectivity index (χ3v) is 3.37. The van der Waals surface area contributed by atoms with E-state index in [-0.39, 0.29) is 5.95 Å². The molecule has 5 nitrogen and oxygen atoms in total. The van der Waals surface area contributed by atoms with Crippen LogP contribution in [0.2, 0.25) is 0 Å². The Labute approximate surface area is 109 Å². The number of hydrogen-bond donors (Lipinski definition) is 2. The van der Waals surface area contributed by atoms with E-state index in [9.17, 15) is 0 Å². The number of nitrogens with two attached hydrogens (primary N) is 2. The first-order chi connectivity index (χ1) is 8.56. The van der Waals surface area contributed by atoms with Gasteiger partial charge in [0.05, 0.1) is 0 Å². The van der Waals surface area contributed by atoms with Crippen LogP contribution >= 0.6 is 0 Å². The number of aromatic nitrogens is 2. The highest BCUT2D eigenvalue weighted by Crippen LogP contribution is 2.28. The molecule has 0 aliphatic heterocycles. The smallest absolute Gasteiger partial charge is 0.223 e. The lowest BCUT2D eigenvalue weighted by Crippen LogP contribution is -2.37. The van der Waals surface area contributed by atoms with Crippen molar-refractivity contribution in [3.05, 3.63) is 6.07 Å². The SMILES string of the molecule is CC(C)CN(c1cc(N)nc(N)n1)C1CCCC1. The van der Waals surface area contributed by atoms with Crippen LogP contribution in [0.1, 0.15) is 39.5 Å². The predicted molar refractivity (Wildman–Crippen MR) is 75.3 cm³/mol. The fourth-order valence-corrected chi connectivity index (χ4v) is 2.66. The Morgan fingerprint density at radius 1 is 1.28 bits per heavy atom. The van der Waals surface area contributed by atoms with Gasteiger partial charge in [-0.2, -0.15) is 9.97 Å². The van der Waals surface area contributed by atoms with E-state index in [4.69, 9.17) is 11.5 Å². The first kappa shape index (κ1) is 12.9. The molecule has 0 spiro atoms. The van der Waals surface area contributed by atoms with Crippen molar-refractivity contribution < 1.29 is 0 Å². The summed E-state index contributed by atoms with van der Waals surface area (Å²) in [6.45, 7) is 5.42. The molecule has 5 heteroatoms. The quantitative estimate of drug-likeness (QED) is 0.853. The van der Waals surface area contributed by atoms with Crippen molar-refractivity contribution in [3.8, 4) is 0 Å². The third-order valence-electron chi connectivity index (χ3n) is 3.37. The van der Waals surface area contributed by atoms with Crippen LogP contribution in [0.25, 0.3) is 0 Å². The van der Waals surface area contributed by atoms with Crippen LogP contribution in [0.15, 0.2) is 6.07 Å². The standard InChI is InChI=1S/C13H23N5/c1-9(2)8-18(10-5-3-4-6-10)12-7-11(14)16-13(15)17-12/h7,9-10H,3-6,8H2,1-2H3,(H4,14,15,16,17). The van der Waals surface area contributed by atoms with Crippen molar-refractivity contribution >= 4 is 17.6 Å². The van der Waals surface area contributed by atoms with E-state index in [2.05, 4.69) is 28.7 Å². The van der Waals surface area contributed by atoms with Crippen molar-refractivity contribution in [2.75, 3.05) is 22.9 Å². The molecule has 0 amide bonds. The van der Waals surface area contributed by atoms with Crippen LogP contribution < -0.4 is 16.4 Å². The molecule has 0 saturated heterocycles. The molecule has 0 aromatic carbocycles. The van der Waals surface area contributed by atoms with Gasteiger partial charge in [-0.15, -0.1) is 0 Å². The number of nitrogens with zero attached hydrogens (tertiary/aromatic N) is 3. The molecule has 1 aliphatic carbocycles. The van der Waals surface area contributed by atoms with E-state index in [1.54, 1.807) is 0 Å². The van der Waals surface area contributed by atoms with E-state index in [1.807, 2.05) is 6.07 Å². The topological polar surface area (TPSA) is 81.1 Å². The number of rotatable bonds is 4. The molecular formula is C13H23N5. The largest absolute Gasteiger partial charge is 0.383 e. The van der Waals surface area contributed by atoms with Gasteiger partial charge in [0.15, 0.2) is 0 Å². The molecule has 1 fully saturated rings. The number of anilines is 3. The molecule has 1 saturated carbocycles. The van der Waals surface area contributed by atoms with E-state index >= 15 is 0 Å². The van der Waals surface area contributed by atoms with Crippen LogP contribution in [0, 0.1) is 5.92 Å². The molecule has 0 atom stereocenters. The van der Waals surface area contributed by atoms with Crippen molar-refractivity contribution in [2.24, 2.45) is 5.92 Å². The molecule has 1 aromatic rings. The zero-order valence-corrected chi connectivity index (χ0v) is 11.3. The third kappa shape index (κ3) is 3.03. The van der Waals surface area contributed by atoms with E-state index in [1.165, 1.54) is 25.7 Å². The number of hydrogen-bond acceptors (Lipinski definition) is 5. The van der Waals surface area contributed by atoms with Crippen LogP contribution in [0.4, 0.5) is 17.6 Å². The average Bonchev–Trinajstić information content (AvgIpc) is 2.77. The summed E-state index contributed by atoms with van der Waals surface area (Å²) in [7, 11) is 0. The zero-order chi connectivity index (χ0) is 13.1. The van der Waals surface area contributed by atoms with Crippen LogP contribution in [0.3, 0.4) is 0 Å². The normalized spacial score (nSPS) is 16.4. The van der Waals surface area contributed by atoms with Gasteiger partial charge in [0.25, 0.3) is 0 Å². The summed E-state index contributed by atoms with van der Waals surface area (Å²) < 4.78 is 0. The van der Waals surface area contributed by atoms with Gasteiger partial charge in [0.2, 0.25) is 5.95 Å². The lowest BCUT2D eigenvalue weighted by atomic mass is 10.1. The summed E-state index contributed by atoms with van der Waals surface area (Å²) in [6.07, 6.45) is 5.07. The minimum atomic E-state index is 0.261. The van der Waals surface area contributed by atoms with Crippen molar-refractivity contribution in [3.63, 3.8) is 0 Å². The molecule has 18 heavy (non-hydrogen) atoms. The summed E-state index contributed by atoms with van der Waals surface area (Å²) in [5, 5.41) is 0. The highest BCUT2D eigenvalue weighted by molar-refractivity contribution is 5.51. The molecule has 4 N–H and O–H groups in total. The first-order valence-electron chi connectivity index (χ1n) is 6.73. The van der Waals surface area contributed by atoms with Gasteiger partial charge >= 0.3 is 0 Å². The monoisotopic (exact) mass is 249 g/mol. The lowest BCUT2D eigenvalue weighted by molar-refractivity contribution is 0.531. The minimum absolute atomic E-state index is 0.261. The van der Waals surface area contributed by atoms with Crippen LogP contribution in [0.5, 0.6) is 0 Å². The molecular weight excluding hydrogens is 226 g/mol. The molecule has 1 aliphatic rings. The van der Waals surface area contributed by atoms with Crippen molar-refractivity contribution in [1.82, 2.24) is 9.97 Å². The molecule has 0 bridgehead atoms. The van der Waals surface area contributed by atoms with Gasteiger partial charge in [0.1, 0.15) is 11.6 Å². The molecule has 0 radical (unpaired) electrons. The van der Waals surface area contributed by atoms with Gasteiger partial charge in [0, 0.05) is 18.7 Å². The fraction of sp³-hybridized carbons (Fsp3) is 0.692. The maximum absolute atomic E-state index is 5.77. The maximum atomic E-state index is 5.77. The number of nitrogen functional groups attached to an aromatic ring is 2. The molecule has 1 heterocycles. The fourth-order valence-electron chi connectivity index (χ4n) is 2.66. The second kappa shape index (κ2) is 5.42. The van der Waals surface area contributed by atoms with Gasteiger partial charge < -0.3 is 16.4 Å². The average molecular weight is 249 g/mol. The van der Waals surface area contributed by atoms with Gasteiger partial charge in [-0.3, -0.25) is 0 Å². The Bertz CT molecular complexity index is 378. The Hall–Kier alpha value is -1.52. The molecule has 100 valence electrons. The maximum Gasteiger partial charge on any atom is 0.223 e. The predicted octanol–water partition coefficient (Wildman–Crippen LogP) is 2.05. The summed E-state index contributed by atoms with van der Waals surface area (Å²) in [5.74, 6) is 2.17. The molecule has 2 rings (SSSR count). The molecule has 0 unspecified atom stereocenters. The Kier molecular flexibility index (Phi) is 3.89. The Morgan fingerprint density at radius 2 is 1.94 bits per heavy atom. The van der Waals surface area contributed by atoms with Gasteiger partial charge in [-0.1, -0.05) is 26.7 Å². The van der Waals surface area contributed by atoms with Crippen molar-refractivity contribution in [2.45, 2.75) is 45.6 Å². The van der Waals surface area contributed by atoms with Crippen LogP contribution in [-0.2, 0) is 0 Å². The highest BCUT2D eigenvalue weighted by atomic mass is 15.2. The second-order valence-electron chi connectivity index (χ2n) is 5.49. The van der Waals surface area contributed by atoms with Crippen molar-refractivity contribution in [1.29, 1.82) is 0 Å². The summed E-state index contributed by atoms with van der Waals surface area (Å²) in [5.41, 5.74) is 11.5. The Balaban J connectivity index is 2.26. The van der Waals surface area contributed by atoms with Gasteiger partial charge in [-0.25, -0.2) is 0 Å². The van der Waals surface area contributed by atoms with E-state index in [0.717, 1.165) is 12.4 Å². The first-order valence-corrected chi connectivity index (χ1v) is 6.73. The minimum Gasteiger partial charge on any atom is -0.383 e. The van der Waals surface area contributed by atoms with Crippen LogP contribution in [-0.4, -0.2) is 22.6 Å². The molecule has 1 aromatic heterocycles.